The molecule has 418 valence electrons. The van der Waals surface area contributed by atoms with Gasteiger partial charge in [-0.25, -0.2) is 0 Å². The molecule has 0 N–H and O–H groups in total. The number of ether oxygens (including phenoxy) is 1. The molecule has 3 atom stereocenters. The van der Waals surface area contributed by atoms with Gasteiger partial charge in [-0.3, -0.25) is 0 Å². The predicted octanol–water partition coefficient (Wildman–Crippen LogP) is 14.5. The molecule has 69 heavy (non-hydrogen) atoms. The van der Waals surface area contributed by atoms with Crippen LogP contribution < -0.4 is 0 Å². The van der Waals surface area contributed by atoms with Crippen LogP contribution >= 0.6 is 0 Å². The van der Waals surface area contributed by atoms with Crippen LogP contribution in [0, 0.1) is 79.3 Å². The van der Waals surface area contributed by atoms with Crippen LogP contribution in [-0.2, 0) is 4.74 Å². The Balaban J connectivity index is 0. The Morgan fingerprint density at radius 3 is 0.507 bits per heavy atom. The zero-order chi connectivity index (χ0) is 52.1. The van der Waals surface area contributed by atoms with Gasteiger partial charge in [0.2, 0.25) is 0 Å². The molecule has 0 aliphatic carbocycles. The number of nitrogens with zero attached hydrogens (tertiary/aromatic N) is 6. The van der Waals surface area contributed by atoms with E-state index in [0.29, 0.717) is 37.9 Å². The third-order valence-corrected chi connectivity index (χ3v) is 17.2. The zero-order valence-electron chi connectivity index (χ0n) is 51.1. The first-order valence-corrected chi connectivity index (χ1v) is 27.8. The molecular weight excluding hydrogens is 845 g/mol. The summed E-state index contributed by atoms with van der Waals surface area (Å²) in [6.07, 6.45) is 6.67. The Morgan fingerprint density at radius 1 is 0.246 bits per heavy atom. The van der Waals surface area contributed by atoms with Crippen LogP contribution in [-0.4, -0.2) is 163 Å². The molecule has 0 aromatic rings. The Bertz CT molecular complexity index is 1130. The highest BCUT2D eigenvalue weighted by Crippen LogP contribution is 2.37. The smallest absolute Gasteiger partial charge is 0.0468 e. The molecule has 0 bridgehead atoms. The lowest BCUT2D eigenvalue weighted by atomic mass is 9.76. The molecule has 0 aromatic carbocycles. The van der Waals surface area contributed by atoms with E-state index in [9.17, 15) is 0 Å². The van der Waals surface area contributed by atoms with Gasteiger partial charge in [0.05, 0.1) is 0 Å². The first-order chi connectivity index (χ1) is 30.1. The van der Waals surface area contributed by atoms with Gasteiger partial charge < -0.3 is 34.1 Å². The summed E-state index contributed by atoms with van der Waals surface area (Å²) in [7, 11) is 13.2. The van der Waals surface area contributed by atoms with Gasteiger partial charge in [0.1, 0.15) is 0 Å². The summed E-state index contributed by atoms with van der Waals surface area (Å²) in [5.74, 6) is 6.42. The second-order valence-corrected chi connectivity index (χ2v) is 30.9. The van der Waals surface area contributed by atoms with Crippen LogP contribution in [0.2, 0.25) is 0 Å². The van der Waals surface area contributed by atoms with Gasteiger partial charge in [-0.1, -0.05) is 160 Å². The van der Waals surface area contributed by atoms with E-state index in [-0.39, 0.29) is 14.9 Å². The van der Waals surface area contributed by atoms with Gasteiger partial charge in [-0.2, -0.15) is 0 Å². The van der Waals surface area contributed by atoms with Crippen LogP contribution in [0.15, 0.2) is 0 Å². The summed E-state index contributed by atoms with van der Waals surface area (Å²) in [5, 5.41) is 0. The summed E-state index contributed by atoms with van der Waals surface area (Å²) >= 11 is 0. The van der Waals surface area contributed by atoms with Crippen molar-refractivity contribution in [2.75, 3.05) is 134 Å². The third-order valence-electron chi connectivity index (χ3n) is 17.2. The average molecular weight is 980 g/mol. The molecule has 3 unspecified atom stereocenters. The predicted molar refractivity (Wildman–Crippen MR) is 313 cm³/mol. The Kier molecular flexibility index (Phi) is 30.5. The molecule has 0 saturated carbocycles. The Hall–Kier alpha value is -0.280. The lowest BCUT2D eigenvalue weighted by Gasteiger charge is -2.44. The summed E-state index contributed by atoms with van der Waals surface area (Å²) in [6, 6.07) is 0. The SMILES string of the molecule is C.C.CC(C)(C)C1CCOCC1.CN1CC(C(C)(C)C)C1.CN1CC(C(C)(C)C)C1.CN1CC(C(C)(C)C)C1.CN1CCC(C(C)(C)C)C1.CN1CCC(C(C)(C)C)C1.CN1CCC(C(C)(C)C)C1. The zero-order valence-corrected chi connectivity index (χ0v) is 51.1. The fourth-order valence-corrected chi connectivity index (χ4v) is 10.2. The molecule has 0 amide bonds. The molecule has 0 radical (unpaired) electrons. The summed E-state index contributed by atoms with van der Waals surface area (Å²) in [4.78, 5) is 14.4. The van der Waals surface area contributed by atoms with Crippen LogP contribution in [0.3, 0.4) is 0 Å². The molecule has 0 aromatic heterocycles. The van der Waals surface area contributed by atoms with E-state index in [0.717, 1.165) is 54.6 Å². The van der Waals surface area contributed by atoms with Gasteiger partial charge in [-0.05, 0) is 173 Å². The molecule has 7 saturated heterocycles. The van der Waals surface area contributed by atoms with Crippen molar-refractivity contribution in [3.63, 3.8) is 0 Å². The molecule has 7 fully saturated rings. The standard InChI is InChI=1S/3C9H19N.C9H18O.3C8H17N.2CH4/c3*1-9(2,3)8-5-6-10(4)7-8;1-9(2,3)8-4-6-10-7-5-8;3*1-8(2,3)7-5-9(4)6-7;;/h3*8H,5-7H2,1-4H3;8H,4-7H2,1-3H3;3*7H,5-6H2,1-4H3;2*1H4. The normalized spacial score (nSPS) is 25.5. The van der Waals surface area contributed by atoms with Crippen molar-refractivity contribution in [2.24, 2.45) is 79.3 Å². The van der Waals surface area contributed by atoms with Crippen molar-refractivity contribution in [2.45, 2.75) is 192 Å². The highest BCUT2D eigenvalue weighted by Gasteiger charge is 2.36. The lowest BCUT2D eigenvalue weighted by Crippen LogP contribution is -2.49. The molecule has 7 heteroatoms. The monoisotopic (exact) mass is 979 g/mol. The molecule has 7 aliphatic rings. The van der Waals surface area contributed by atoms with Crippen LogP contribution in [0.1, 0.15) is 192 Å². The fourth-order valence-electron chi connectivity index (χ4n) is 10.2. The minimum Gasteiger partial charge on any atom is -0.381 e. The lowest BCUT2D eigenvalue weighted by molar-refractivity contribution is 0.0286. The molecule has 7 heterocycles. The number of hydrogen-bond acceptors (Lipinski definition) is 7. The molecule has 7 aliphatic heterocycles. The van der Waals surface area contributed by atoms with Crippen molar-refractivity contribution in [1.82, 2.24) is 29.4 Å². The van der Waals surface area contributed by atoms with E-state index < -0.39 is 0 Å². The number of hydrogen-bond donors (Lipinski definition) is 0. The van der Waals surface area contributed by atoms with Crippen molar-refractivity contribution in [3.8, 4) is 0 Å². The molecule has 7 rings (SSSR count). The first kappa shape index (κ1) is 70.8. The van der Waals surface area contributed by atoms with E-state index in [1.807, 2.05) is 0 Å². The summed E-state index contributed by atoms with van der Waals surface area (Å²) < 4.78 is 5.29. The maximum Gasteiger partial charge on any atom is 0.0468 e. The van der Waals surface area contributed by atoms with Gasteiger partial charge in [-0.15, -0.1) is 0 Å². The molecule has 7 nitrogen and oxygen atoms in total. The van der Waals surface area contributed by atoms with E-state index in [1.54, 1.807) is 0 Å². The number of rotatable bonds is 0. The van der Waals surface area contributed by atoms with Gasteiger partial charge >= 0.3 is 0 Å². The minimum absolute atomic E-state index is 0. The maximum absolute atomic E-state index is 5.29. The van der Waals surface area contributed by atoms with E-state index in [4.69, 9.17) is 4.74 Å². The Morgan fingerprint density at radius 2 is 0.420 bits per heavy atom. The Labute approximate surface area is 438 Å². The largest absolute Gasteiger partial charge is 0.381 e. The quantitative estimate of drug-likeness (QED) is 0.239. The summed E-state index contributed by atoms with van der Waals surface area (Å²) in [6.45, 7) is 66.5. The van der Waals surface area contributed by atoms with Crippen LogP contribution in [0.5, 0.6) is 0 Å². The topological polar surface area (TPSA) is 28.7 Å². The highest BCUT2D eigenvalue weighted by atomic mass is 16.5. The van der Waals surface area contributed by atoms with Crippen molar-refractivity contribution in [1.29, 1.82) is 0 Å². The van der Waals surface area contributed by atoms with E-state index in [1.165, 1.54) is 111 Å². The van der Waals surface area contributed by atoms with Crippen LogP contribution in [0.25, 0.3) is 0 Å². The summed E-state index contributed by atoms with van der Waals surface area (Å²) in [5.41, 5.74) is 3.65. The highest BCUT2D eigenvalue weighted by molar-refractivity contribution is 4.88. The van der Waals surface area contributed by atoms with E-state index >= 15 is 0 Å². The van der Waals surface area contributed by atoms with Gasteiger partial charge in [0.15, 0.2) is 0 Å². The third kappa shape index (κ3) is 28.8. The molecular formula is C62H134N6O. The van der Waals surface area contributed by atoms with Gasteiger partial charge in [0, 0.05) is 72.1 Å². The maximum atomic E-state index is 5.29. The minimum atomic E-state index is 0. The second kappa shape index (κ2) is 29.7. The number of likely N-dealkylation sites (tertiary alicyclic amines) is 6. The second-order valence-electron chi connectivity index (χ2n) is 30.9. The van der Waals surface area contributed by atoms with Gasteiger partial charge in [0.25, 0.3) is 0 Å². The van der Waals surface area contributed by atoms with Crippen molar-refractivity contribution in [3.05, 3.63) is 0 Å². The fraction of sp³-hybridized carbons (Fsp3) is 1.00. The average Bonchev–Trinajstić information content (AvgIpc) is 3.89. The van der Waals surface area contributed by atoms with E-state index in [2.05, 4.69) is 217 Å². The molecule has 0 spiro atoms. The van der Waals surface area contributed by atoms with Crippen molar-refractivity contribution >= 4 is 0 Å². The first-order valence-electron chi connectivity index (χ1n) is 27.8. The van der Waals surface area contributed by atoms with Crippen molar-refractivity contribution < 1.29 is 4.74 Å². The van der Waals surface area contributed by atoms with Crippen LogP contribution in [0.4, 0.5) is 0 Å².